The molecule has 1 aliphatic rings. The molecule has 0 saturated carbocycles. The molecule has 1 aliphatic heterocycles. The zero-order chi connectivity index (χ0) is 27.8. The first-order chi connectivity index (χ1) is 18.2. The van der Waals surface area contributed by atoms with Crippen LogP contribution in [-0.4, -0.2) is 46.9 Å². The fraction of sp³-hybridized carbons (Fsp3) is 0.414. The first kappa shape index (κ1) is 29.3. The van der Waals surface area contributed by atoms with Gasteiger partial charge in [0.25, 0.3) is 5.91 Å². The van der Waals surface area contributed by atoms with Crippen LogP contribution in [0.1, 0.15) is 72.4 Å². The van der Waals surface area contributed by atoms with Crippen molar-refractivity contribution in [2.75, 3.05) is 19.5 Å². The number of aryl methyl sites for hydroxylation is 1. The Labute approximate surface area is 227 Å². The van der Waals surface area contributed by atoms with Crippen LogP contribution >= 0.6 is 0 Å². The highest BCUT2D eigenvalue weighted by atomic mass is 32.2. The van der Waals surface area contributed by atoms with Gasteiger partial charge in [0.2, 0.25) is 0 Å². The number of amides is 1. The maximum Gasteiger partial charge on any atom is 0.355 e. The third kappa shape index (κ3) is 7.17. The van der Waals surface area contributed by atoms with E-state index in [1.807, 2.05) is 52.0 Å². The van der Waals surface area contributed by atoms with E-state index >= 15 is 0 Å². The molecule has 1 aromatic carbocycles. The summed E-state index contributed by atoms with van der Waals surface area (Å²) in [4.78, 5) is 41.2. The largest absolute Gasteiger partial charge is 0.611 e. The second kappa shape index (κ2) is 13.5. The number of unbranched alkanes of at least 4 members (excludes halogenated alkanes) is 1. The van der Waals surface area contributed by atoms with Gasteiger partial charge >= 0.3 is 11.9 Å². The highest BCUT2D eigenvalue weighted by Crippen LogP contribution is 2.29. The van der Waals surface area contributed by atoms with Gasteiger partial charge in [-0.3, -0.25) is 9.59 Å². The molecule has 2 N–H and O–H groups in total. The van der Waals surface area contributed by atoms with E-state index in [2.05, 4.69) is 10.3 Å². The average molecular weight is 541 g/mol. The standard InChI is InChI=1S/C29H36N2O6S/c1-6-7-15-37-29(34)27-22(12-13-26(32)36-5)19(3)24(30-27)17-25-20(4)23(28(33)31-25)14-16-38(35)21-10-8-18(2)9-11-21/h8-11,17,30H,6-7,12-16H2,1-5H3,(H,31,33)/b25-17-. The quantitative estimate of drug-likeness (QED) is 0.229. The number of ether oxygens (including phenoxy) is 2. The fourth-order valence-electron chi connectivity index (χ4n) is 4.21. The normalized spacial score (nSPS) is 15.1. The molecule has 3 rings (SSSR count). The number of aromatic amines is 1. The Morgan fingerprint density at radius 2 is 1.82 bits per heavy atom. The lowest BCUT2D eigenvalue weighted by Crippen LogP contribution is -2.18. The van der Waals surface area contributed by atoms with E-state index in [1.165, 1.54) is 7.11 Å². The summed E-state index contributed by atoms with van der Waals surface area (Å²) in [6, 6.07) is 7.55. The van der Waals surface area contributed by atoms with Gasteiger partial charge in [0.1, 0.15) is 11.4 Å². The van der Waals surface area contributed by atoms with Crippen LogP contribution in [0.15, 0.2) is 46.0 Å². The summed E-state index contributed by atoms with van der Waals surface area (Å²) in [5.74, 6) is -0.731. The predicted octanol–water partition coefficient (Wildman–Crippen LogP) is 4.68. The Balaban J connectivity index is 1.84. The van der Waals surface area contributed by atoms with Crippen LogP contribution < -0.4 is 5.32 Å². The van der Waals surface area contributed by atoms with E-state index in [0.29, 0.717) is 53.4 Å². The molecular formula is C29H36N2O6S. The van der Waals surface area contributed by atoms with Crippen molar-refractivity contribution < 1.29 is 28.4 Å². The predicted molar refractivity (Wildman–Crippen MR) is 147 cm³/mol. The highest BCUT2D eigenvalue weighted by molar-refractivity contribution is 7.91. The minimum Gasteiger partial charge on any atom is -0.611 e. The number of hydrogen-bond acceptors (Lipinski definition) is 6. The zero-order valence-corrected chi connectivity index (χ0v) is 23.5. The molecule has 1 amide bonds. The smallest absolute Gasteiger partial charge is 0.355 e. The number of nitrogens with one attached hydrogen (secondary N) is 2. The van der Waals surface area contributed by atoms with E-state index in [1.54, 1.807) is 6.08 Å². The van der Waals surface area contributed by atoms with Crippen molar-refractivity contribution in [2.24, 2.45) is 0 Å². The van der Waals surface area contributed by atoms with E-state index in [-0.39, 0.29) is 18.3 Å². The molecule has 2 aromatic rings. The number of carbonyl (C=O) groups excluding carboxylic acids is 3. The van der Waals surface area contributed by atoms with Crippen molar-refractivity contribution in [3.63, 3.8) is 0 Å². The van der Waals surface area contributed by atoms with Gasteiger partial charge in [0.05, 0.1) is 13.7 Å². The number of methoxy groups -OCH3 is 1. The van der Waals surface area contributed by atoms with Crippen molar-refractivity contribution in [1.82, 2.24) is 10.3 Å². The summed E-state index contributed by atoms with van der Waals surface area (Å²) in [6.45, 7) is 8.01. The second-order valence-corrected chi connectivity index (χ2v) is 10.9. The number of carbonyl (C=O) groups is 3. The summed E-state index contributed by atoms with van der Waals surface area (Å²) in [5, 5.41) is 2.90. The summed E-state index contributed by atoms with van der Waals surface area (Å²) >= 11 is -1.22. The molecule has 0 spiro atoms. The van der Waals surface area contributed by atoms with E-state index in [0.717, 1.165) is 34.4 Å². The lowest BCUT2D eigenvalue weighted by molar-refractivity contribution is -0.140. The highest BCUT2D eigenvalue weighted by Gasteiger charge is 2.27. The number of H-pyrrole nitrogens is 1. The third-order valence-corrected chi connectivity index (χ3v) is 8.02. The van der Waals surface area contributed by atoms with Crippen molar-refractivity contribution >= 4 is 35.1 Å². The molecule has 9 heteroatoms. The van der Waals surface area contributed by atoms with Gasteiger partial charge < -0.3 is 24.3 Å². The molecular weight excluding hydrogens is 504 g/mol. The van der Waals surface area contributed by atoms with Crippen LogP contribution in [-0.2, 0) is 36.7 Å². The van der Waals surface area contributed by atoms with Gasteiger partial charge in [0, 0.05) is 29.8 Å². The summed E-state index contributed by atoms with van der Waals surface area (Å²) in [7, 11) is 1.33. The van der Waals surface area contributed by atoms with Crippen LogP contribution in [0.3, 0.4) is 0 Å². The van der Waals surface area contributed by atoms with Crippen LogP contribution in [0.4, 0.5) is 0 Å². The van der Waals surface area contributed by atoms with Crippen molar-refractivity contribution in [3.05, 3.63) is 69.2 Å². The monoisotopic (exact) mass is 540 g/mol. The minimum absolute atomic E-state index is 0.123. The summed E-state index contributed by atoms with van der Waals surface area (Å²) in [6.07, 6.45) is 4.25. The molecule has 1 atom stereocenters. The zero-order valence-electron chi connectivity index (χ0n) is 22.7. The molecule has 0 fully saturated rings. The molecule has 0 aliphatic carbocycles. The Morgan fingerprint density at radius 1 is 1.11 bits per heavy atom. The van der Waals surface area contributed by atoms with Crippen LogP contribution in [0.25, 0.3) is 6.08 Å². The third-order valence-electron chi connectivity index (χ3n) is 6.65. The Hall–Kier alpha value is -3.30. The van der Waals surface area contributed by atoms with E-state index < -0.39 is 17.1 Å². The van der Waals surface area contributed by atoms with Gasteiger partial charge in [-0.25, -0.2) is 4.79 Å². The first-order valence-corrected chi connectivity index (χ1v) is 14.1. The van der Waals surface area contributed by atoms with Crippen molar-refractivity contribution in [2.45, 2.75) is 64.7 Å². The molecule has 0 bridgehead atoms. The van der Waals surface area contributed by atoms with Crippen molar-refractivity contribution in [1.29, 1.82) is 0 Å². The van der Waals surface area contributed by atoms with Crippen LogP contribution in [0, 0.1) is 13.8 Å². The number of aromatic nitrogens is 1. The van der Waals surface area contributed by atoms with Gasteiger partial charge in [-0.05, 0) is 79.7 Å². The summed E-state index contributed by atoms with van der Waals surface area (Å²) in [5.41, 5.74) is 5.49. The lowest BCUT2D eigenvalue weighted by atomic mass is 10.0. The van der Waals surface area contributed by atoms with E-state index in [4.69, 9.17) is 9.47 Å². The molecule has 2 heterocycles. The Bertz CT molecular complexity index is 1240. The summed E-state index contributed by atoms with van der Waals surface area (Å²) < 4.78 is 22.9. The molecule has 38 heavy (non-hydrogen) atoms. The first-order valence-electron chi connectivity index (χ1n) is 12.8. The number of rotatable bonds is 12. The number of allylic oxidation sites excluding steroid dienone is 1. The van der Waals surface area contributed by atoms with Crippen LogP contribution in [0.2, 0.25) is 0 Å². The maximum atomic E-state index is 12.8. The van der Waals surface area contributed by atoms with Gasteiger partial charge in [-0.1, -0.05) is 31.0 Å². The fourth-order valence-corrected chi connectivity index (χ4v) is 5.28. The van der Waals surface area contributed by atoms with Gasteiger partial charge in [0.15, 0.2) is 4.90 Å². The SMILES string of the molecule is CCCCOC(=O)c1[nH]c(/C=C2\NC(=O)C(CC[S+]([O-])c3ccc(C)cc3)=C2C)c(C)c1CCC(=O)OC. The van der Waals surface area contributed by atoms with E-state index in [9.17, 15) is 18.9 Å². The minimum atomic E-state index is -1.22. The Kier molecular flexibility index (Phi) is 10.4. The Morgan fingerprint density at radius 3 is 2.47 bits per heavy atom. The number of hydrogen-bond donors (Lipinski definition) is 2. The number of benzene rings is 1. The molecule has 1 unspecified atom stereocenters. The molecule has 8 nitrogen and oxygen atoms in total. The van der Waals surface area contributed by atoms with Gasteiger partial charge in [-0.2, -0.15) is 0 Å². The number of esters is 2. The van der Waals surface area contributed by atoms with Gasteiger partial charge in [-0.15, -0.1) is 0 Å². The lowest BCUT2D eigenvalue weighted by Gasteiger charge is -2.10. The topological polar surface area (TPSA) is 121 Å². The van der Waals surface area contributed by atoms with Crippen molar-refractivity contribution in [3.8, 4) is 0 Å². The molecule has 1 aromatic heterocycles. The average Bonchev–Trinajstić information content (AvgIpc) is 3.35. The second-order valence-electron chi connectivity index (χ2n) is 9.31. The molecule has 0 radical (unpaired) electrons. The molecule has 204 valence electrons. The molecule has 0 saturated heterocycles. The van der Waals surface area contributed by atoms with Crippen LogP contribution in [0.5, 0.6) is 0 Å². The maximum absolute atomic E-state index is 12.8.